The summed E-state index contributed by atoms with van der Waals surface area (Å²) in [5.74, 6) is 0.674. The molecule has 1 aliphatic heterocycles. The lowest BCUT2D eigenvalue weighted by Crippen LogP contribution is -2.34. The Balaban J connectivity index is 1.49. The van der Waals surface area contributed by atoms with Gasteiger partial charge in [0.1, 0.15) is 18.2 Å². The Morgan fingerprint density at radius 3 is 3.00 bits per heavy atom. The van der Waals surface area contributed by atoms with Crippen LogP contribution in [-0.2, 0) is 11.2 Å². The van der Waals surface area contributed by atoms with Crippen molar-refractivity contribution in [1.29, 1.82) is 0 Å². The largest absolute Gasteiger partial charge is 0.492 e. The zero-order valence-corrected chi connectivity index (χ0v) is 14.0. The van der Waals surface area contributed by atoms with Crippen LogP contribution in [0.4, 0.5) is 4.39 Å². The van der Waals surface area contributed by atoms with Crippen LogP contribution < -0.4 is 10.3 Å². The number of ether oxygens (including phenoxy) is 2. The molecule has 0 spiro atoms. The second-order valence-corrected chi connectivity index (χ2v) is 6.15. The second kappa shape index (κ2) is 8.73. The summed E-state index contributed by atoms with van der Waals surface area (Å²) < 4.78 is 24.2. The summed E-state index contributed by atoms with van der Waals surface area (Å²) in [5.41, 5.74) is 0.644. The van der Waals surface area contributed by atoms with Crippen LogP contribution in [0.3, 0.4) is 0 Å². The second-order valence-electron chi connectivity index (χ2n) is 6.15. The van der Waals surface area contributed by atoms with Crippen molar-refractivity contribution in [2.75, 3.05) is 39.5 Å². The van der Waals surface area contributed by atoms with E-state index >= 15 is 0 Å². The third-order valence-electron chi connectivity index (χ3n) is 4.14. The van der Waals surface area contributed by atoms with Gasteiger partial charge >= 0.3 is 0 Å². The van der Waals surface area contributed by atoms with E-state index in [4.69, 9.17) is 9.47 Å². The highest BCUT2D eigenvalue weighted by molar-refractivity contribution is 5.21. The lowest BCUT2D eigenvalue weighted by atomic mass is 10.0. The first kappa shape index (κ1) is 17.6. The van der Waals surface area contributed by atoms with Crippen molar-refractivity contribution in [3.8, 4) is 5.75 Å². The van der Waals surface area contributed by atoms with E-state index in [9.17, 15) is 9.18 Å². The van der Waals surface area contributed by atoms with E-state index in [0.29, 0.717) is 32.0 Å². The lowest BCUT2D eigenvalue weighted by molar-refractivity contribution is 0.121. The minimum atomic E-state index is -0.270. The number of aromatic amines is 1. The molecular formula is C18H22FN3O3. The molecular weight excluding hydrogens is 325 g/mol. The number of hydrogen-bond donors (Lipinski definition) is 1. The molecule has 0 unspecified atom stereocenters. The van der Waals surface area contributed by atoms with Gasteiger partial charge in [-0.05, 0) is 30.7 Å². The smallest absolute Gasteiger partial charge is 0.250 e. The van der Waals surface area contributed by atoms with E-state index in [1.165, 1.54) is 24.5 Å². The molecule has 1 saturated heterocycles. The molecule has 0 saturated carbocycles. The van der Waals surface area contributed by atoms with E-state index in [0.717, 1.165) is 25.3 Å². The maximum atomic E-state index is 12.9. The molecule has 2 heterocycles. The maximum Gasteiger partial charge on any atom is 0.250 e. The summed E-state index contributed by atoms with van der Waals surface area (Å²) in [6.07, 6.45) is 2.14. The Labute approximate surface area is 145 Å². The number of nitrogens with zero attached hydrogens (tertiary/aromatic N) is 2. The van der Waals surface area contributed by atoms with Crippen LogP contribution in [0, 0.1) is 11.7 Å². The number of rotatable bonds is 6. The summed E-state index contributed by atoms with van der Waals surface area (Å²) in [6, 6.07) is 7.57. The first-order valence-electron chi connectivity index (χ1n) is 8.41. The molecule has 0 radical (unpaired) electrons. The zero-order chi connectivity index (χ0) is 17.5. The molecule has 7 heteroatoms. The summed E-state index contributed by atoms with van der Waals surface area (Å²) in [4.78, 5) is 20.4. The SMILES string of the molecule is O=c1cc(C[C@H]2COCCN(CCOc3ccc(F)cc3)C2)nc[nH]1. The highest BCUT2D eigenvalue weighted by atomic mass is 19.1. The van der Waals surface area contributed by atoms with Gasteiger partial charge in [-0.1, -0.05) is 0 Å². The van der Waals surface area contributed by atoms with Crippen LogP contribution >= 0.6 is 0 Å². The van der Waals surface area contributed by atoms with Gasteiger partial charge in [0, 0.05) is 37.3 Å². The number of aromatic nitrogens is 2. The lowest BCUT2D eigenvalue weighted by Gasteiger charge is -2.23. The number of benzene rings is 1. The van der Waals surface area contributed by atoms with Gasteiger partial charge in [-0.25, -0.2) is 9.37 Å². The Morgan fingerprint density at radius 1 is 1.36 bits per heavy atom. The molecule has 1 aromatic heterocycles. The van der Waals surface area contributed by atoms with Gasteiger partial charge in [0.15, 0.2) is 0 Å². The molecule has 0 bridgehead atoms. The van der Waals surface area contributed by atoms with Gasteiger partial charge < -0.3 is 14.5 Å². The molecule has 134 valence electrons. The Bertz CT molecular complexity index is 720. The Kier molecular flexibility index (Phi) is 6.14. The fraction of sp³-hybridized carbons (Fsp3) is 0.444. The van der Waals surface area contributed by atoms with Gasteiger partial charge in [0.2, 0.25) is 0 Å². The topological polar surface area (TPSA) is 67.4 Å². The van der Waals surface area contributed by atoms with Crippen LogP contribution in [-0.4, -0.2) is 54.3 Å². The van der Waals surface area contributed by atoms with Gasteiger partial charge in [0.25, 0.3) is 5.56 Å². The minimum absolute atomic E-state index is 0.135. The predicted octanol–water partition coefficient (Wildman–Crippen LogP) is 1.48. The van der Waals surface area contributed by atoms with Crippen molar-refractivity contribution in [2.45, 2.75) is 6.42 Å². The van der Waals surface area contributed by atoms with Crippen molar-refractivity contribution in [2.24, 2.45) is 5.92 Å². The van der Waals surface area contributed by atoms with Crippen molar-refractivity contribution in [1.82, 2.24) is 14.9 Å². The molecule has 1 aliphatic rings. The predicted molar refractivity (Wildman–Crippen MR) is 91.2 cm³/mol. The normalized spacial score (nSPS) is 18.7. The van der Waals surface area contributed by atoms with Crippen LogP contribution in [0.15, 0.2) is 41.5 Å². The van der Waals surface area contributed by atoms with Gasteiger partial charge in [-0.2, -0.15) is 0 Å². The quantitative estimate of drug-likeness (QED) is 0.857. The van der Waals surface area contributed by atoms with Gasteiger partial charge in [-0.15, -0.1) is 0 Å². The van der Waals surface area contributed by atoms with Crippen molar-refractivity contribution in [3.05, 3.63) is 58.5 Å². The zero-order valence-electron chi connectivity index (χ0n) is 14.0. The van der Waals surface area contributed by atoms with E-state index in [1.807, 2.05) is 0 Å². The first-order chi connectivity index (χ1) is 12.2. The molecule has 1 fully saturated rings. The van der Waals surface area contributed by atoms with E-state index in [2.05, 4.69) is 14.9 Å². The number of H-pyrrole nitrogens is 1. The highest BCUT2D eigenvalue weighted by Gasteiger charge is 2.19. The third kappa shape index (κ3) is 5.65. The molecule has 1 aromatic carbocycles. The first-order valence-corrected chi connectivity index (χ1v) is 8.41. The fourth-order valence-corrected chi connectivity index (χ4v) is 2.92. The summed E-state index contributed by atoms with van der Waals surface area (Å²) >= 11 is 0. The van der Waals surface area contributed by atoms with Crippen LogP contribution in [0.1, 0.15) is 5.69 Å². The monoisotopic (exact) mass is 347 g/mol. The Hall–Kier alpha value is -2.25. The molecule has 1 atom stereocenters. The summed E-state index contributed by atoms with van der Waals surface area (Å²) in [5, 5.41) is 0. The molecule has 6 nitrogen and oxygen atoms in total. The van der Waals surface area contributed by atoms with Gasteiger partial charge in [-0.3, -0.25) is 9.69 Å². The van der Waals surface area contributed by atoms with Crippen LogP contribution in [0.5, 0.6) is 5.75 Å². The van der Waals surface area contributed by atoms with Crippen molar-refractivity contribution in [3.63, 3.8) is 0 Å². The molecule has 0 aliphatic carbocycles. The minimum Gasteiger partial charge on any atom is -0.492 e. The number of hydrogen-bond acceptors (Lipinski definition) is 5. The highest BCUT2D eigenvalue weighted by Crippen LogP contribution is 2.13. The van der Waals surface area contributed by atoms with E-state index in [1.54, 1.807) is 12.1 Å². The van der Waals surface area contributed by atoms with E-state index < -0.39 is 0 Å². The van der Waals surface area contributed by atoms with Crippen LogP contribution in [0.2, 0.25) is 0 Å². The average Bonchev–Trinajstić information content (AvgIpc) is 2.82. The maximum absolute atomic E-state index is 12.9. The average molecular weight is 347 g/mol. The Morgan fingerprint density at radius 2 is 2.20 bits per heavy atom. The fourth-order valence-electron chi connectivity index (χ4n) is 2.92. The van der Waals surface area contributed by atoms with Crippen molar-refractivity contribution >= 4 is 0 Å². The summed E-state index contributed by atoms with van der Waals surface area (Å²) in [6.45, 7) is 4.33. The number of halogens is 1. The number of nitrogens with one attached hydrogen (secondary N) is 1. The summed E-state index contributed by atoms with van der Waals surface area (Å²) in [7, 11) is 0. The van der Waals surface area contributed by atoms with E-state index in [-0.39, 0.29) is 17.3 Å². The molecule has 25 heavy (non-hydrogen) atoms. The van der Waals surface area contributed by atoms with Gasteiger partial charge in [0.05, 0.1) is 19.5 Å². The molecule has 3 rings (SSSR count). The molecule has 2 aromatic rings. The van der Waals surface area contributed by atoms with Crippen molar-refractivity contribution < 1.29 is 13.9 Å². The molecule has 0 amide bonds. The standard InChI is InChI=1S/C18H22FN3O3/c19-15-1-3-17(4-2-15)25-8-6-22-5-7-24-12-14(11-22)9-16-10-18(23)21-13-20-16/h1-4,10,13-14H,5-9,11-12H2,(H,20,21,23)/t14-/m1/s1. The van der Waals surface area contributed by atoms with Crippen LogP contribution in [0.25, 0.3) is 0 Å². The third-order valence-corrected chi connectivity index (χ3v) is 4.14. The molecule has 1 N–H and O–H groups in total.